The zero-order valence-corrected chi connectivity index (χ0v) is 17.8. The monoisotopic (exact) mass is 377 g/mol. The first kappa shape index (κ1) is 23.0. The molecule has 0 radical (unpaired) electrons. The molecule has 0 aliphatic carbocycles. The highest BCUT2D eigenvalue weighted by Gasteiger charge is 2.19. The van der Waals surface area contributed by atoms with Crippen LogP contribution in [0.25, 0.3) is 0 Å². The maximum absolute atomic E-state index is 12.6. The van der Waals surface area contributed by atoms with Gasteiger partial charge in [-0.25, -0.2) is 0 Å². The quantitative estimate of drug-likeness (QED) is 0.679. The van der Waals surface area contributed by atoms with Gasteiger partial charge in [0.25, 0.3) is 0 Å². The number of ether oxygens (including phenoxy) is 1. The van der Waals surface area contributed by atoms with Gasteiger partial charge < -0.3 is 19.9 Å². The van der Waals surface area contributed by atoms with Gasteiger partial charge in [0.2, 0.25) is 11.8 Å². The Kier molecular flexibility index (Phi) is 9.29. The number of benzene rings is 1. The van der Waals surface area contributed by atoms with Crippen molar-refractivity contribution >= 4 is 23.2 Å². The van der Waals surface area contributed by atoms with Crippen molar-refractivity contribution in [3.63, 3.8) is 0 Å². The molecule has 6 nitrogen and oxygen atoms in total. The van der Waals surface area contributed by atoms with Crippen LogP contribution in [-0.4, -0.2) is 51.1 Å². The molecule has 0 fully saturated rings. The molecule has 1 aromatic carbocycles. The number of carbonyl (C=O) groups is 2. The maximum Gasteiger partial charge on any atom is 0.225 e. The topological polar surface area (TPSA) is 61.9 Å². The highest BCUT2D eigenvalue weighted by molar-refractivity contribution is 5.91. The van der Waals surface area contributed by atoms with Gasteiger partial charge in [0.15, 0.2) is 0 Å². The van der Waals surface area contributed by atoms with E-state index in [1.54, 1.807) is 7.11 Å². The molecule has 0 aliphatic rings. The maximum atomic E-state index is 12.6. The van der Waals surface area contributed by atoms with Crippen LogP contribution >= 0.6 is 0 Å². The van der Waals surface area contributed by atoms with Crippen LogP contribution in [-0.2, 0) is 20.9 Å². The Morgan fingerprint density at radius 2 is 1.81 bits per heavy atom. The Labute approximate surface area is 163 Å². The van der Waals surface area contributed by atoms with Crippen LogP contribution < -0.4 is 10.2 Å². The Morgan fingerprint density at radius 3 is 2.33 bits per heavy atom. The van der Waals surface area contributed by atoms with Crippen LogP contribution in [0.3, 0.4) is 0 Å². The summed E-state index contributed by atoms with van der Waals surface area (Å²) in [5, 5.41) is 2.96. The van der Waals surface area contributed by atoms with Crippen molar-refractivity contribution in [2.45, 2.75) is 40.7 Å². The number of rotatable bonds is 10. The summed E-state index contributed by atoms with van der Waals surface area (Å²) in [6, 6.07) is 5.84. The molecule has 0 atom stereocenters. The number of nitrogens with zero attached hydrogens (tertiary/aromatic N) is 2. The van der Waals surface area contributed by atoms with Crippen molar-refractivity contribution < 1.29 is 14.3 Å². The van der Waals surface area contributed by atoms with Gasteiger partial charge >= 0.3 is 0 Å². The summed E-state index contributed by atoms with van der Waals surface area (Å²) in [6.45, 7) is 9.33. The molecule has 0 heterocycles. The molecule has 27 heavy (non-hydrogen) atoms. The minimum absolute atomic E-state index is 0.00282. The van der Waals surface area contributed by atoms with E-state index in [1.807, 2.05) is 69.8 Å². The van der Waals surface area contributed by atoms with Crippen molar-refractivity contribution in [3.05, 3.63) is 23.8 Å². The van der Waals surface area contributed by atoms with Crippen LogP contribution in [0.1, 0.15) is 39.7 Å². The summed E-state index contributed by atoms with van der Waals surface area (Å²) < 4.78 is 5.17. The molecule has 0 saturated heterocycles. The van der Waals surface area contributed by atoms with E-state index in [4.69, 9.17) is 4.74 Å². The number of nitrogens with one attached hydrogen (secondary N) is 1. The van der Waals surface area contributed by atoms with E-state index in [2.05, 4.69) is 5.32 Å². The smallest absolute Gasteiger partial charge is 0.225 e. The van der Waals surface area contributed by atoms with Gasteiger partial charge in [-0.05, 0) is 29.7 Å². The Bertz CT molecular complexity index is 627. The first-order valence-electron chi connectivity index (χ1n) is 9.53. The van der Waals surface area contributed by atoms with Gasteiger partial charge in [0, 0.05) is 58.0 Å². The number of amides is 2. The second kappa shape index (κ2) is 10.9. The Hall–Kier alpha value is -2.08. The molecular formula is C21H35N3O3. The average Bonchev–Trinajstić information content (AvgIpc) is 2.56. The van der Waals surface area contributed by atoms with E-state index in [0.717, 1.165) is 16.9 Å². The lowest BCUT2D eigenvalue weighted by atomic mass is 10.1. The minimum Gasteiger partial charge on any atom is -0.383 e. The number of hydrogen-bond donors (Lipinski definition) is 1. The van der Waals surface area contributed by atoms with E-state index in [-0.39, 0.29) is 17.7 Å². The molecule has 6 heteroatoms. The molecule has 1 aromatic rings. The van der Waals surface area contributed by atoms with E-state index in [0.29, 0.717) is 32.0 Å². The summed E-state index contributed by atoms with van der Waals surface area (Å²) in [6.07, 6.45) is 0.483. The van der Waals surface area contributed by atoms with E-state index in [1.165, 1.54) is 0 Å². The van der Waals surface area contributed by atoms with Crippen molar-refractivity contribution in [2.24, 2.45) is 11.8 Å². The third kappa shape index (κ3) is 7.59. The van der Waals surface area contributed by atoms with Crippen LogP contribution in [0.2, 0.25) is 0 Å². The van der Waals surface area contributed by atoms with E-state index in [9.17, 15) is 9.59 Å². The summed E-state index contributed by atoms with van der Waals surface area (Å²) >= 11 is 0. The normalized spacial score (nSPS) is 11.0. The van der Waals surface area contributed by atoms with Crippen molar-refractivity contribution in [2.75, 3.05) is 44.6 Å². The van der Waals surface area contributed by atoms with Gasteiger partial charge in [-0.1, -0.05) is 27.7 Å². The standard InChI is InChI=1S/C21H35N3O3/c1-15(2)12-20(25)22-18-8-9-19(23(5)6)17(13-18)14-24(10-11-27-7)21(26)16(3)4/h8-9,13,15-16H,10-12,14H2,1-7H3,(H,22,25). The molecule has 1 N–H and O–H groups in total. The Morgan fingerprint density at radius 1 is 1.15 bits per heavy atom. The highest BCUT2D eigenvalue weighted by Crippen LogP contribution is 2.25. The summed E-state index contributed by atoms with van der Waals surface area (Å²) in [5.74, 6) is 0.311. The predicted molar refractivity (Wildman–Crippen MR) is 111 cm³/mol. The zero-order chi connectivity index (χ0) is 20.6. The van der Waals surface area contributed by atoms with Crippen molar-refractivity contribution in [3.8, 4) is 0 Å². The molecule has 1 rings (SSSR count). The molecule has 0 saturated carbocycles. The van der Waals surface area contributed by atoms with Crippen LogP contribution in [0, 0.1) is 11.8 Å². The van der Waals surface area contributed by atoms with Gasteiger partial charge in [0.1, 0.15) is 0 Å². The summed E-state index contributed by atoms with van der Waals surface area (Å²) in [7, 11) is 5.58. The molecule has 0 unspecified atom stereocenters. The van der Waals surface area contributed by atoms with E-state index >= 15 is 0 Å². The second-order valence-electron chi connectivity index (χ2n) is 7.79. The third-order valence-corrected chi connectivity index (χ3v) is 4.17. The minimum atomic E-state index is -0.0846. The van der Waals surface area contributed by atoms with Gasteiger partial charge in [-0.15, -0.1) is 0 Å². The SMILES string of the molecule is COCCN(Cc1cc(NC(=O)CC(C)C)ccc1N(C)C)C(=O)C(C)C. The number of anilines is 2. The molecule has 0 aromatic heterocycles. The first-order chi connectivity index (χ1) is 12.6. The zero-order valence-electron chi connectivity index (χ0n) is 17.8. The largest absolute Gasteiger partial charge is 0.383 e. The summed E-state index contributed by atoms with van der Waals surface area (Å²) in [4.78, 5) is 28.5. The third-order valence-electron chi connectivity index (χ3n) is 4.17. The fourth-order valence-electron chi connectivity index (χ4n) is 2.85. The lowest BCUT2D eigenvalue weighted by molar-refractivity contribution is -0.135. The van der Waals surface area contributed by atoms with Crippen LogP contribution in [0.5, 0.6) is 0 Å². The molecule has 152 valence electrons. The number of hydrogen-bond acceptors (Lipinski definition) is 4. The molecule has 0 aliphatic heterocycles. The summed E-state index contributed by atoms with van der Waals surface area (Å²) in [5.41, 5.74) is 2.77. The van der Waals surface area contributed by atoms with Crippen LogP contribution in [0.4, 0.5) is 11.4 Å². The fourth-order valence-corrected chi connectivity index (χ4v) is 2.85. The van der Waals surface area contributed by atoms with Gasteiger partial charge in [0.05, 0.1) is 6.61 Å². The number of carbonyl (C=O) groups excluding carboxylic acids is 2. The molecule has 2 amide bonds. The van der Waals surface area contributed by atoms with Crippen LogP contribution in [0.15, 0.2) is 18.2 Å². The van der Waals surface area contributed by atoms with Crippen molar-refractivity contribution in [1.29, 1.82) is 0 Å². The predicted octanol–water partition coefficient (Wildman–Crippen LogP) is 3.37. The van der Waals surface area contributed by atoms with Gasteiger partial charge in [-0.2, -0.15) is 0 Å². The molecule has 0 spiro atoms. The lowest BCUT2D eigenvalue weighted by Gasteiger charge is -2.27. The second-order valence-corrected chi connectivity index (χ2v) is 7.79. The highest BCUT2D eigenvalue weighted by atomic mass is 16.5. The average molecular weight is 378 g/mol. The fraction of sp³-hybridized carbons (Fsp3) is 0.619. The Balaban J connectivity index is 3.10. The van der Waals surface area contributed by atoms with Crippen molar-refractivity contribution in [1.82, 2.24) is 4.90 Å². The first-order valence-corrected chi connectivity index (χ1v) is 9.53. The lowest BCUT2D eigenvalue weighted by Crippen LogP contribution is -2.36. The molecular weight excluding hydrogens is 342 g/mol. The van der Waals surface area contributed by atoms with E-state index < -0.39 is 0 Å². The number of methoxy groups -OCH3 is 1. The van der Waals surface area contributed by atoms with Gasteiger partial charge in [-0.3, -0.25) is 9.59 Å². The molecule has 0 bridgehead atoms.